The van der Waals surface area contributed by atoms with Gasteiger partial charge in [-0.05, 0) is 49.9 Å². The number of hydrogen-bond acceptors (Lipinski definition) is 8. The molecule has 0 spiro atoms. The zero-order valence-corrected chi connectivity index (χ0v) is 19.9. The molecule has 1 atom stereocenters. The van der Waals surface area contributed by atoms with Crippen molar-refractivity contribution in [2.45, 2.75) is 31.1 Å². The first-order valence-electron chi connectivity index (χ1n) is 9.74. The minimum atomic E-state index is -3.89. The number of benzene rings is 1. The average molecular weight is 491 g/mol. The highest BCUT2D eigenvalue weighted by molar-refractivity contribution is 7.94. The first-order valence-corrected chi connectivity index (χ1v) is 12.1. The summed E-state index contributed by atoms with van der Waals surface area (Å²) < 4.78 is 37.7. The highest BCUT2D eigenvalue weighted by Crippen LogP contribution is 2.25. The van der Waals surface area contributed by atoms with Crippen molar-refractivity contribution in [2.24, 2.45) is 0 Å². The van der Waals surface area contributed by atoms with Gasteiger partial charge < -0.3 is 14.5 Å². The predicted octanol–water partition coefficient (Wildman–Crippen LogP) is 3.71. The standard InChI is InChI=1S/C22H22N2O7S2/c1-12-18(22(27)30-4)13(2)23-19(12)20(25)14(3)31-21(26)15-8-5-6-9-16(15)24-33(28,29)17-10-7-11-32-17/h5-11,14,23-24H,1-4H3/t14-/m1/s1. The van der Waals surface area contributed by atoms with Gasteiger partial charge in [-0.2, -0.15) is 0 Å². The number of aromatic nitrogens is 1. The molecule has 174 valence electrons. The van der Waals surface area contributed by atoms with Crippen molar-refractivity contribution >= 4 is 44.8 Å². The lowest BCUT2D eigenvalue weighted by atomic mass is 10.1. The van der Waals surface area contributed by atoms with E-state index in [1.807, 2.05) is 0 Å². The van der Waals surface area contributed by atoms with Crippen molar-refractivity contribution in [3.63, 3.8) is 0 Å². The van der Waals surface area contributed by atoms with Gasteiger partial charge in [-0.1, -0.05) is 18.2 Å². The molecule has 1 aromatic carbocycles. The Morgan fingerprint density at radius 2 is 1.76 bits per heavy atom. The van der Waals surface area contributed by atoms with E-state index in [2.05, 4.69) is 9.71 Å². The number of rotatable bonds is 8. The van der Waals surface area contributed by atoms with E-state index < -0.39 is 33.8 Å². The van der Waals surface area contributed by atoms with E-state index in [4.69, 9.17) is 9.47 Å². The first kappa shape index (κ1) is 24.2. The molecule has 9 nitrogen and oxygen atoms in total. The highest BCUT2D eigenvalue weighted by atomic mass is 32.2. The van der Waals surface area contributed by atoms with Crippen LogP contribution in [0.25, 0.3) is 0 Å². The number of hydrogen-bond donors (Lipinski definition) is 2. The van der Waals surface area contributed by atoms with Gasteiger partial charge in [-0.3, -0.25) is 9.52 Å². The highest BCUT2D eigenvalue weighted by Gasteiger charge is 2.28. The second-order valence-electron chi connectivity index (χ2n) is 7.11. The van der Waals surface area contributed by atoms with Gasteiger partial charge in [0, 0.05) is 5.69 Å². The van der Waals surface area contributed by atoms with E-state index >= 15 is 0 Å². The Kier molecular flexibility index (Phi) is 7.04. The van der Waals surface area contributed by atoms with Gasteiger partial charge >= 0.3 is 11.9 Å². The van der Waals surface area contributed by atoms with Crippen molar-refractivity contribution in [2.75, 3.05) is 11.8 Å². The van der Waals surface area contributed by atoms with E-state index in [1.165, 1.54) is 32.2 Å². The number of Topliss-reactive ketones (excluding diaryl/α,β-unsaturated/α-hetero) is 1. The van der Waals surface area contributed by atoms with Crippen molar-refractivity contribution in [3.05, 3.63) is 69.9 Å². The molecular formula is C22H22N2O7S2. The Morgan fingerprint density at radius 1 is 1.06 bits per heavy atom. The number of sulfonamides is 1. The molecular weight excluding hydrogens is 468 g/mol. The Hall–Kier alpha value is -3.44. The predicted molar refractivity (Wildman–Crippen MR) is 122 cm³/mol. The fourth-order valence-corrected chi connectivity index (χ4v) is 5.32. The lowest BCUT2D eigenvalue weighted by Crippen LogP contribution is -2.26. The Morgan fingerprint density at radius 3 is 2.39 bits per heavy atom. The van der Waals surface area contributed by atoms with Crippen LogP contribution in [0.2, 0.25) is 0 Å². The summed E-state index contributed by atoms with van der Waals surface area (Å²) in [7, 11) is -2.65. The topological polar surface area (TPSA) is 132 Å². The van der Waals surface area contributed by atoms with Crippen LogP contribution < -0.4 is 4.72 Å². The molecule has 0 saturated heterocycles. The van der Waals surface area contributed by atoms with Crippen LogP contribution in [-0.2, 0) is 19.5 Å². The van der Waals surface area contributed by atoms with Crippen LogP contribution >= 0.6 is 11.3 Å². The van der Waals surface area contributed by atoms with Crippen molar-refractivity contribution < 1.29 is 32.3 Å². The lowest BCUT2D eigenvalue weighted by molar-refractivity contribution is 0.0317. The van der Waals surface area contributed by atoms with Crippen LogP contribution in [0.1, 0.15) is 49.4 Å². The molecule has 0 aliphatic carbocycles. The number of aryl methyl sites for hydroxylation is 1. The second kappa shape index (κ2) is 9.59. The Balaban J connectivity index is 1.81. The molecule has 3 aromatic rings. The third kappa shape index (κ3) is 4.99. The summed E-state index contributed by atoms with van der Waals surface area (Å²) in [5, 5.41) is 1.62. The monoisotopic (exact) mass is 490 g/mol. The molecule has 2 aromatic heterocycles. The molecule has 0 fully saturated rings. The number of anilines is 1. The maximum Gasteiger partial charge on any atom is 0.340 e. The molecule has 0 aliphatic rings. The largest absolute Gasteiger partial charge is 0.465 e. The molecule has 0 bridgehead atoms. The maximum atomic E-state index is 12.9. The molecule has 2 heterocycles. The van der Waals surface area contributed by atoms with Crippen molar-refractivity contribution in [1.29, 1.82) is 0 Å². The van der Waals surface area contributed by atoms with E-state index in [-0.39, 0.29) is 26.7 Å². The Labute approximate surface area is 194 Å². The number of H-pyrrole nitrogens is 1. The minimum Gasteiger partial charge on any atom is -0.465 e. The smallest absolute Gasteiger partial charge is 0.340 e. The van der Waals surface area contributed by atoms with Gasteiger partial charge in [-0.25, -0.2) is 18.0 Å². The molecule has 3 rings (SSSR count). The van der Waals surface area contributed by atoms with Gasteiger partial charge in [-0.15, -0.1) is 11.3 Å². The zero-order valence-electron chi connectivity index (χ0n) is 18.3. The number of carbonyl (C=O) groups excluding carboxylic acids is 3. The third-order valence-corrected chi connectivity index (χ3v) is 7.64. The van der Waals surface area contributed by atoms with Gasteiger partial charge in [0.1, 0.15) is 4.21 Å². The lowest BCUT2D eigenvalue weighted by Gasteiger charge is -2.15. The summed E-state index contributed by atoms with van der Waals surface area (Å²) in [6.07, 6.45) is -1.21. The number of esters is 2. The van der Waals surface area contributed by atoms with E-state index in [0.717, 1.165) is 11.3 Å². The number of aromatic amines is 1. The molecule has 2 N–H and O–H groups in total. The molecule has 0 unspecified atom stereocenters. The number of thiophene rings is 1. The number of ketones is 1. The average Bonchev–Trinajstić information content (AvgIpc) is 3.41. The summed E-state index contributed by atoms with van der Waals surface area (Å²) in [5.41, 5.74) is 1.18. The number of ether oxygens (including phenoxy) is 2. The fraction of sp³-hybridized carbons (Fsp3) is 0.227. The van der Waals surface area contributed by atoms with Crippen LogP contribution in [-0.4, -0.2) is 44.3 Å². The fourth-order valence-electron chi connectivity index (χ4n) is 3.25. The number of methoxy groups -OCH3 is 1. The van der Waals surface area contributed by atoms with E-state index in [1.54, 1.807) is 37.4 Å². The van der Waals surface area contributed by atoms with Crippen molar-refractivity contribution in [1.82, 2.24) is 4.98 Å². The maximum absolute atomic E-state index is 12.9. The van der Waals surface area contributed by atoms with Crippen LogP contribution in [0.5, 0.6) is 0 Å². The van der Waals surface area contributed by atoms with E-state index in [9.17, 15) is 22.8 Å². The zero-order chi connectivity index (χ0) is 24.3. The molecule has 0 aliphatic heterocycles. The summed E-state index contributed by atoms with van der Waals surface area (Å²) in [5.74, 6) is -2.01. The van der Waals surface area contributed by atoms with Crippen LogP contribution in [0.4, 0.5) is 5.69 Å². The van der Waals surface area contributed by atoms with Crippen molar-refractivity contribution in [3.8, 4) is 0 Å². The van der Waals surface area contributed by atoms with Gasteiger partial charge in [0.2, 0.25) is 5.78 Å². The number of para-hydroxylation sites is 1. The molecule has 0 saturated carbocycles. The summed E-state index contributed by atoms with van der Waals surface area (Å²) >= 11 is 1.04. The SMILES string of the molecule is COC(=O)c1c(C)[nH]c(C(=O)[C@@H](C)OC(=O)c2ccccc2NS(=O)(=O)c2cccs2)c1C. The third-order valence-electron chi connectivity index (χ3n) is 4.88. The molecule has 0 radical (unpaired) electrons. The second-order valence-corrected chi connectivity index (χ2v) is 9.97. The molecule has 33 heavy (non-hydrogen) atoms. The number of carbonyl (C=O) groups is 3. The van der Waals surface area contributed by atoms with Gasteiger partial charge in [0.25, 0.3) is 10.0 Å². The minimum absolute atomic E-state index is 0.0235. The quantitative estimate of drug-likeness (QED) is 0.363. The summed E-state index contributed by atoms with van der Waals surface area (Å²) in [6, 6.07) is 8.98. The van der Waals surface area contributed by atoms with E-state index in [0.29, 0.717) is 11.3 Å². The van der Waals surface area contributed by atoms with Crippen LogP contribution in [0.15, 0.2) is 46.0 Å². The first-order chi connectivity index (χ1) is 15.6. The van der Waals surface area contributed by atoms with Crippen LogP contribution in [0, 0.1) is 13.8 Å². The van der Waals surface area contributed by atoms with Crippen LogP contribution in [0.3, 0.4) is 0 Å². The number of nitrogens with one attached hydrogen (secondary N) is 2. The van der Waals surface area contributed by atoms with Gasteiger partial charge in [0.15, 0.2) is 6.10 Å². The molecule has 11 heteroatoms. The molecule has 0 amide bonds. The summed E-state index contributed by atoms with van der Waals surface area (Å²) in [4.78, 5) is 40.5. The Bertz CT molecular complexity index is 1310. The summed E-state index contributed by atoms with van der Waals surface area (Å²) in [6.45, 7) is 4.61. The van der Waals surface area contributed by atoms with Gasteiger partial charge in [0.05, 0.1) is 29.6 Å². The normalized spacial score (nSPS) is 12.1.